The first-order chi connectivity index (χ1) is 20.6. The van der Waals surface area contributed by atoms with Crippen molar-refractivity contribution in [2.24, 2.45) is 5.10 Å². The van der Waals surface area contributed by atoms with Crippen LogP contribution in [0.15, 0.2) is 69.5 Å². The molecule has 0 saturated carbocycles. The first-order valence-electron chi connectivity index (χ1n) is 11.6. The number of para-hydroxylation sites is 1. The number of carbonyl (C=O) groups is 1. The summed E-state index contributed by atoms with van der Waals surface area (Å²) >= 11 is 0. The molecule has 3 aromatic carbocycles. The first-order valence-corrected chi connectivity index (χ1v) is 14.5. The number of amides is 2. The third-order valence-corrected chi connectivity index (χ3v) is 7.80. The minimum absolute atomic E-state index is 0.155. The Hall–Kier alpha value is -5.42. The molecule has 1 aliphatic rings. The molecule has 1 atom stereocenters. The van der Waals surface area contributed by atoms with E-state index in [9.17, 15) is 51.0 Å². The molecule has 1 unspecified atom stereocenters. The Morgan fingerprint density at radius 2 is 1.43 bits per heavy atom. The van der Waals surface area contributed by atoms with Crippen molar-refractivity contribution >= 4 is 61.0 Å². The number of rotatable bonds is 9. The van der Waals surface area contributed by atoms with Crippen molar-refractivity contribution in [1.29, 1.82) is 0 Å². The summed E-state index contributed by atoms with van der Waals surface area (Å²) in [4.78, 5) is 32.7. The van der Waals surface area contributed by atoms with Gasteiger partial charge in [0.1, 0.15) is 0 Å². The van der Waals surface area contributed by atoms with E-state index < -0.39 is 84.9 Å². The molecule has 232 valence electrons. The maximum absolute atomic E-state index is 14.2. The second-order valence-electron chi connectivity index (χ2n) is 8.53. The second kappa shape index (κ2) is 11.3. The molecular formula is C22H20N7O13S2+. The SMILES string of the molecule is COc1cc([N+](=O)[O-])c(S(=O)(=O)O)cc1N1NC=N[N+]1(C(=O)Nc1ccccc1)c1cc(S(=O)(=O)O)c([N+](=O)[O-])cc1OC. The van der Waals surface area contributed by atoms with Crippen molar-refractivity contribution < 1.29 is 50.1 Å². The van der Waals surface area contributed by atoms with Gasteiger partial charge in [0.05, 0.1) is 36.2 Å². The van der Waals surface area contributed by atoms with Gasteiger partial charge < -0.3 is 9.47 Å². The molecule has 0 saturated heterocycles. The summed E-state index contributed by atoms with van der Waals surface area (Å²) in [6.07, 6.45) is 0.868. The van der Waals surface area contributed by atoms with Gasteiger partial charge in [-0.1, -0.05) is 23.3 Å². The van der Waals surface area contributed by atoms with Crippen LogP contribution in [0.25, 0.3) is 0 Å². The fourth-order valence-corrected chi connectivity index (χ4v) is 5.50. The monoisotopic (exact) mass is 654 g/mol. The summed E-state index contributed by atoms with van der Waals surface area (Å²) in [5.74, 6) is -0.998. The number of nitro groups is 2. The lowest BCUT2D eigenvalue weighted by molar-refractivity contribution is -0.388. The summed E-state index contributed by atoms with van der Waals surface area (Å²) in [6.45, 7) is 0. The Morgan fingerprint density at radius 1 is 0.909 bits per heavy atom. The number of nitrogens with one attached hydrogen (secondary N) is 2. The molecule has 4 N–H and O–H groups in total. The molecule has 44 heavy (non-hydrogen) atoms. The van der Waals surface area contributed by atoms with Crippen molar-refractivity contribution in [1.82, 2.24) is 10.1 Å². The van der Waals surface area contributed by atoms with E-state index in [0.717, 1.165) is 20.6 Å². The van der Waals surface area contributed by atoms with E-state index in [-0.39, 0.29) is 5.69 Å². The number of urea groups is 1. The van der Waals surface area contributed by atoms with Gasteiger partial charge in [0, 0.05) is 22.5 Å². The van der Waals surface area contributed by atoms with Gasteiger partial charge in [-0.2, -0.15) is 16.8 Å². The highest BCUT2D eigenvalue weighted by Gasteiger charge is 2.56. The van der Waals surface area contributed by atoms with Crippen molar-refractivity contribution in [2.75, 3.05) is 24.7 Å². The van der Waals surface area contributed by atoms with Crippen LogP contribution in [0, 0.1) is 20.2 Å². The molecule has 4 rings (SSSR count). The van der Waals surface area contributed by atoms with Gasteiger partial charge in [0.25, 0.3) is 11.4 Å². The average Bonchev–Trinajstić information content (AvgIpc) is 3.41. The average molecular weight is 655 g/mol. The van der Waals surface area contributed by atoms with E-state index in [1.54, 1.807) is 18.2 Å². The number of anilines is 2. The lowest BCUT2D eigenvalue weighted by atomic mass is 10.2. The molecule has 20 nitrogen and oxygen atoms in total. The van der Waals surface area contributed by atoms with Crippen molar-refractivity contribution in [3.05, 3.63) is 74.8 Å². The molecule has 0 aliphatic carbocycles. The van der Waals surface area contributed by atoms with Crippen LogP contribution in [-0.2, 0) is 20.2 Å². The highest BCUT2D eigenvalue weighted by Crippen LogP contribution is 2.47. The van der Waals surface area contributed by atoms with Crippen LogP contribution >= 0.6 is 0 Å². The van der Waals surface area contributed by atoms with Crippen LogP contribution < -0.4 is 30.0 Å². The van der Waals surface area contributed by atoms with Crippen molar-refractivity contribution in [3.63, 3.8) is 0 Å². The number of nitro benzene ring substituents is 2. The van der Waals surface area contributed by atoms with Gasteiger partial charge in [0.2, 0.25) is 5.69 Å². The molecule has 1 aliphatic heterocycles. The van der Waals surface area contributed by atoms with Crippen LogP contribution in [0.1, 0.15) is 0 Å². The van der Waals surface area contributed by atoms with Gasteiger partial charge in [-0.3, -0.25) is 34.7 Å². The van der Waals surface area contributed by atoms with E-state index in [1.807, 2.05) is 0 Å². The molecule has 0 bridgehead atoms. The predicted molar refractivity (Wildman–Crippen MR) is 150 cm³/mol. The molecule has 22 heteroatoms. The van der Waals surface area contributed by atoms with Crippen LogP contribution in [-0.4, -0.2) is 62.4 Å². The number of nitrogens with zero attached hydrogens (tertiary/aromatic N) is 5. The van der Waals surface area contributed by atoms with Crippen LogP contribution in [0.5, 0.6) is 11.5 Å². The lowest BCUT2D eigenvalue weighted by Gasteiger charge is -2.34. The number of methoxy groups -OCH3 is 2. The molecule has 0 radical (unpaired) electrons. The third-order valence-electron chi connectivity index (χ3n) is 6.04. The Balaban J connectivity index is 2.14. The first kappa shape index (κ1) is 31.5. The van der Waals surface area contributed by atoms with E-state index in [0.29, 0.717) is 29.4 Å². The van der Waals surface area contributed by atoms with Crippen LogP contribution in [0.2, 0.25) is 0 Å². The number of hydrazine groups is 1. The molecule has 0 aromatic heterocycles. The normalized spacial score (nSPS) is 16.2. The Kier molecular flexibility index (Phi) is 8.12. The van der Waals surface area contributed by atoms with E-state index in [2.05, 4.69) is 15.8 Å². The lowest BCUT2D eigenvalue weighted by Crippen LogP contribution is -2.64. The van der Waals surface area contributed by atoms with Crippen molar-refractivity contribution in [3.8, 4) is 11.5 Å². The number of carbonyl (C=O) groups excluding carboxylic acids is 1. The van der Waals surface area contributed by atoms with Crippen LogP contribution in [0.3, 0.4) is 0 Å². The van der Waals surface area contributed by atoms with E-state index in [4.69, 9.17) is 9.47 Å². The van der Waals surface area contributed by atoms with Crippen LogP contribution in [0.4, 0.5) is 33.2 Å². The maximum atomic E-state index is 14.2. The summed E-state index contributed by atoms with van der Waals surface area (Å²) in [6, 6.07) is 8.74. The minimum atomic E-state index is -5.34. The van der Waals surface area contributed by atoms with Gasteiger partial charge in [0.15, 0.2) is 33.3 Å². The molecule has 3 aromatic rings. The van der Waals surface area contributed by atoms with Crippen molar-refractivity contribution in [2.45, 2.75) is 9.79 Å². The standard InChI is InChI=1S/C22H19N7O13S2/c1-41-18-8-15(27(31)32)20(43(35,36)37)10-14(18)26-23-12-24-29(26,22(30)25-13-6-4-3-5-7-13)17-11-21(44(38,39)40)16(28(33)34)9-19(17)42-2/h3-12H,1-2H3,(H3-,23,24,25,30,35,36,37,38,39,40)/p+1. The summed E-state index contributed by atoms with van der Waals surface area (Å²) in [5.41, 5.74) is -0.721. The molecule has 0 spiro atoms. The molecule has 0 fully saturated rings. The highest BCUT2D eigenvalue weighted by molar-refractivity contribution is 7.86. The molecule has 2 amide bonds. The van der Waals surface area contributed by atoms with E-state index >= 15 is 0 Å². The van der Waals surface area contributed by atoms with Gasteiger partial charge in [-0.25, -0.2) is 10.2 Å². The quantitative estimate of drug-likeness (QED) is 0.112. The van der Waals surface area contributed by atoms with Gasteiger partial charge >= 0.3 is 26.3 Å². The largest absolute Gasteiger partial charge is 0.494 e. The molecular weight excluding hydrogens is 634 g/mol. The summed E-state index contributed by atoms with van der Waals surface area (Å²) in [5, 5.41) is 30.7. The minimum Gasteiger partial charge on any atom is -0.494 e. The Bertz CT molecular complexity index is 1940. The zero-order valence-corrected chi connectivity index (χ0v) is 23.8. The number of hydrogen-bond donors (Lipinski definition) is 4. The van der Waals surface area contributed by atoms with Gasteiger partial charge in [-0.15, -0.1) is 0 Å². The zero-order chi connectivity index (χ0) is 32.6. The topological polar surface area (TPSA) is 270 Å². The Labute approximate surface area is 247 Å². The fourth-order valence-electron chi connectivity index (χ4n) is 4.18. The smallest absolute Gasteiger partial charge is 0.480 e. The fraction of sp³-hybridized carbons (Fsp3) is 0.0909. The maximum Gasteiger partial charge on any atom is 0.480 e. The number of benzene rings is 3. The Morgan fingerprint density at radius 3 is 1.93 bits per heavy atom. The number of hydrogen-bond acceptors (Lipinski definition) is 14. The van der Waals surface area contributed by atoms with E-state index in [1.165, 1.54) is 12.1 Å². The van der Waals surface area contributed by atoms with Gasteiger partial charge in [-0.05, 0) is 17.2 Å². The summed E-state index contributed by atoms with van der Waals surface area (Å²) < 4.78 is 77.3. The highest BCUT2D eigenvalue weighted by atomic mass is 32.2. The third kappa shape index (κ3) is 5.52. The number of ether oxygens (including phenoxy) is 2. The zero-order valence-electron chi connectivity index (χ0n) is 22.2. The number of quaternary nitrogens is 1. The second-order valence-corrected chi connectivity index (χ2v) is 11.3. The predicted octanol–water partition coefficient (Wildman–Crippen LogP) is 2.44. The molecule has 1 heterocycles. The summed E-state index contributed by atoms with van der Waals surface area (Å²) in [7, 11) is -8.59.